The van der Waals surface area contributed by atoms with E-state index in [0.717, 1.165) is 4.68 Å². The van der Waals surface area contributed by atoms with Crippen LogP contribution in [0.15, 0.2) is 12.3 Å². The maximum atomic E-state index is 10.6. The van der Waals surface area contributed by atoms with E-state index in [2.05, 4.69) is 5.10 Å². The molecule has 5 nitrogen and oxygen atoms in total. The van der Waals surface area contributed by atoms with Gasteiger partial charge >= 0.3 is 0 Å². The van der Waals surface area contributed by atoms with Crippen LogP contribution in [0.5, 0.6) is 0 Å². The molecule has 1 heterocycles. The van der Waals surface area contributed by atoms with Crippen LogP contribution in [0.25, 0.3) is 0 Å². The predicted octanol–water partition coefficient (Wildman–Crippen LogP) is -1.09. The van der Waals surface area contributed by atoms with Crippen molar-refractivity contribution in [3.8, 4) is 0 Å². The van der Waals surface area contributed by atoms with Crippen LogP contribution in [0.1, 0.15) is 22.2 Å². The normalized spacial score (nSPS) is 9.55. The van der Waals surface area contributed by atoms with Gasteiger partial charge in [0.05, 0.1) is 5.97 Å². The summed E-state index contributed by atoms with van der Waals surface area (Å²) in [6.45, 7) is 1.28. The second-order valence-corrected chi connectivity index (χ2v) is 1.95. The van der Waals surface area contributed by atoms with Gasteiger partial charge in [-0.25, -0.2) is 4.68 Å². The van der Waals surface area contributed by atoms with E-state index in [-0.39, 0.29) is 11.6 Å². The zero-order chi connectivity index (χ0) is 8.43. The summed E-state index contributed by atoms with van der Waals surface area (Å²) >= 11 is 0. The van der Waals surface area contributed by atoms with Gasteiger partial charge in [-0.05, 0) is 6.07 Å². The second kappa shape index (κ2) is 2.53. The molecule has 0 saturated heterocycles. The van der Waals surface area contributed by atoms with Crippen LogP contribution < -0.4 is 5.11 Å². The topological polar surface area (TPSA) is 75.0 Å². The Kier molecular flexibility index (Phi) is 1.72. The highest BCUT2D eigenvalue weighted by Gasteiger charge is 2.01. The van der Waals surface area contributed by atoms with E-state index in [4.69, 9.17) is 0 Å². The quantitative estimate of drug-likeness (QED) is 0.513. The number of carbonyl (C=O) groups is 2. The van der Waals surface area contributed by atoms with Crippen molar-refractivity contribution in [3.05, 3.63) is 18.0 Å². The zero-order valence-corrected chi connectivity index (χ0v) is 5.77. The van der Waals surface area contributed by atoms with E-state index >= 15 is 0 Å². The fraction of sp³-hybridized carbons (Fsp3) is 0.167. The molecule has 0 amide bonds. The fourth-order valence-electron chi connectivity index (χ4n) is 0.608. The Hall–Kier alpha value is -1.65. The van der Waals surface area contributed by atoms with Crippen LogP contribution in [0.2, 0.25) is 0 Å². The molecular weight excluding hydrogens is 148 g/mol. The van der Waals surface area contributed by atoms with Gasteiger partial charge in [0, 0.05) is 13.1 Å². The Morgan fingerprint density at radius 3 is 2.55 bits per heavy atom. The van der Waals surface area contributed by atoms with Crippen LogP contribution in [-0.4, -0.2) is 21.7 Å². The van der Waals surface area contributed by atoms with Crippen molar-refractivity contribution in [2.45, 2.75) is 6.92 Å². The standard InChI is InChI=1S/C6H6N2O3/c1-4(9)8-3-2-5(7-8)6(10)11/h2-3H,1H3,(H,10,11)/p-1. The highest BCUT2D eigenvalue weighted by Crippen LogP contribution is 1.92. The van der Waals surface area contributed by atoms with Gasteiger partial charge in [0.2, 0.25) is 5.91 Å². The van der Waals surface area contributed by atoms with Gasteiger partial charge in [-0.2, -0.15) is 5.10 Å². The largest absolute Gasteiger partial charge is 0.543 e. The lowest BCUT2D eigenvalue weighted by Gasteiger charge is -1.93. The lowest BCUT2D eigenvalue weighted by molar-refractivity contribution is -0.255. The molecule has 0 radical (unpaired) electrons. The van der Waals surface area contributed by atoms with Gasteiger partial charge in [0.25, 0.3) is 0 Å². The fourth-order valence-corrected chi connectivity index (χ4v) is 0.608. The first-order valence-corrected chi connectivity index (χ1v) is 2.89. The molecule has 11 heavy (non-hydrogen) atoms. The molecule has 0 saturated carbocycles. The number of aromatic carboxylic acids is 1. The first-order valence-electron chi connectivity index (χ1n) is 2.89. The molecule has 1 aromatic heterocycles. The Morgan fingerprint density at radius 2 is 2.27 bits per heavy atom. The Balaban J connectivity index is 2.99. The molecular formula is C6H5N2O3-. The minimum Gasteiger partial charge on any atom is -0.543 e. The third-order valence-electron chi connectivity index (χ3n) is 1.12. The molecule has 0 aliphatic rings. The summed E-state index contributed by atoms with van der Waals surface area (Å²) in [5.74, 6) is -1.72. The predicted molar refractivity (Wildman–Crippen MR) is 32.9 cm³/mol. The number of rotatable bonds is 1. The van der Waals surface area contributed by atoms with Crippen LogP contribution >= 0.6 is 0 Å². The van der Waals surface area contributed by atoms with Gasteiger partial charge < -0.3 is 9.90 Å². The van der Waals surface area contributed by atoms with Crippen molar-refractivity contribution in [2.24, 2.45) is 0 Å². The Labute approximate surface area is 62.3 Å². The maximum absolute atomic E-state index is 10.6. The lowest BCUT2D eigenvalue weighted by Crippen LogP contribution is -2.23. The molecule has 58 valence electrons. The molecule has 0 aliphatic heterocycles. The van der Waals surface area contributed by atoms with E-state index in [1.165, 1.54) is 19.2 Å². The molecule has 0 unspecified atom stereocenters. The summed E-state index contributed by atoms with van der Waals surface area (Å²) in [6, 6.07) is 1.21. The molecule has 0 N–H and O–H groups in total. The Morgan fingerprint density at radius 1 is 1.64 bits per heavy atom. The summed E-state index contributed by atoms with van der Waals surface area (Å²) in [6.07, 6.45) is 1.27. The number of carboxylic acids is 1. The van der Waals surface area contributed by atoms with E-state index < -0.39 is 5.97 Å². The molecule has 1 aromatic rings. The molecule has 5 heteroatoms. The summed E-state index contributed by atoms with van der Waals surface area (Å²) < 4.78 is 0.936. The third kappa shape index (κ3) is 1.43. The minimum absolute atomic E-state index is 0.236. The van der Waals surface area contributed by atoms with Crippen molar-refractivity contribution >= 4 is 11.9 Å². The number of aromatic nitrogens is 2. The monoisotopic (exact) mass is 153 g/mol. The van der Waals surface area contributed by atoms with Crippen LogP contribution in [0.3, 0.4) is 0 Å². The smallest absolute Gasteiger partial charge is 0.243 e. The first kappa shape index (κ1) is 7.46. The number of nitrogens with zero attached hydrogens (tertiary/aromatic N) is 2. The first-order chi connectivity index (χ1) is 5.11. The molecule has 0 spiro atoms. The maximum Gasteiger partial charge on any atom is 0.243 e. The Bertz CT molecular complexity index is 274. The van der Waals surface area contributed by atoms with Crippen molar-refractivity contribution in [1.82, 2.24) is 9.78 Å². The van der Waals surface area contributed by atoms with Crippen LogP contribution in [0, 0.1) is 0 Å². The van der Waals surface area contributed by atoms with Crippen LogP contribution in [-0.2, 0) is 0 Å². The zero-order valence-electron chi connectivity index (χ0n) is 5.77. The summed E-state index contributed by atoms with van der Waals surface area (Å²) in [7, 11) is 0. The van der Waals surface area contributed by atoms with Gasteiger partial charge in [-0.3, -0.25) is 4.79 Å². The van der Waals surface area contributed by atoms with Crippen LogP contribution in [0.4, 0.5) is 0 Å². The number of hydrogen-bond donors (Lipinski definition) is 0. The molecule has 0 bridgehead atoms. The second-order valence-electron chi connectivity index (χ2n) is 1.95. The highest BCUT2D eigenvalue weighted by atomic mass is 16.4. The number of carboxylic acid groups (broad SMARTS) is 1. The van der Waals surface area contributed by atoms with E-state index in [1.54, 1.807) is 0 Å². The summed E-state index contributed by atoms with van der Waals surface area (Å²) in [4.78, 5) is 20.7. The summed E-state index contributed by atoms with van der Waals surface area (Å²) in [5, 5.41) is 13.6. The molecule has 1 rings (SSSR count). The van der Waals surface area contributed by atoms with E-state index in [0.29, 0.717) is 0 Å². The van der Waals surface area contributed by atoms with Crippen molar-refractivity contribution in [1.29, 1.82) is 0 Å². The van der Waals surface area contributed by atoms with Crippen molar-refractivity contribution < 1.29 is 14.7 Å². The lowest BCUT2D eigenvalue weighted by atomic mass is 10.5. The van der Waals surface area contributed by atoms with E-state index in [9.17, 15) is 14.7 Å². The average Bonchev–Trinajstić information content (AvgIpc) is 2.33. The molecule has 0 atom stereocenters. The number of hydrogen-bond acceptors (Lipinski definition) is 4. The minimum atomic E-state index is -1.38. The molecule has 0 fully saturated rings. The molecule has 0 aromatic carbocycles. The van der Waals surface area contributed by atoms with Gasteiger partial charge in [0.15, 0.2) is 0 Å². The molecule has 0 aliphatic carbocycles. The van der Waals surface area contributed by atoms with Gasteiger partial charge in [0.1, 0.15) is 5.69 Å². The van der Waals surface area contributed by atoms with Gasteiger partial charge in [-0.15, -0.1) is 0 Å². The third-order valence-corrected chi connectivity index (χ3v) is 1.12. The summed E-state index contributed by atoms with van der Waals surface area (Å²) in [5.41, 5.74) is -0.236. The average molecular weight is 153 g/mol. The van der Waals surface area contributed by atoms with Crippen molar-refractivity contribution in [2.75, 3.05) is 0 Å². The SMILES string of the molecule is CC(=O)n1ccc(C(=O)[O-])n1. The highest BCUT2D eigenvalue weighted by molar-refractivity contribution is 5.84. The number of carbonyl (C=O) groups excluding carboxylic acids is 2. The van der Waals surface area contributed by atoms with E-state index in [1.807, 2.05) is 0 Å². The van der Waals surface area contributed by atoms with Crippen molar-refractivity contribution in [3.63, 3.8) is 0 Å². The van der Waals surface area contributed by atoms with Gasteiger partial charge in [-0.1, -0.05) is 0 Å².